The average molecular weight is 469 g/mol. The number of amidine groups is 1. The SMILES string of the molecule is CC1N=C(C(=O)NCC(=O)N2CCN(c3ccc(Cl)cc3)CC2)NN(c2ccccc2)C1=O. The molecule has 2 aromatic carbocycles. The molecule has 10 heteroatoms. The molecule has 172 valence electrons. The third-order valence-corrected chi connectivity index (χ3v) is 5.82. The molecule has 0 spiro atoms. The number of hydrogen-bond donors (Lipinski definition) is 2. The van der Waals surface area contributed by atoms with Crippen molar-refractivity contribution in [3.63, 3.8) is 0 Å². The number of halogens is 1. The number of anilines is 2. The maximum absolute atomic E-state index is 12.6. The van der Waals surface area contributed by atoms with Crippen LogP contribution >= 0.6 is 11.6 Å². The fourth-order valence-electron chi connectivity index (χ4n) is 3.72. The van der Waals surface area contributed by atoms with Crippen LogP contribution in [0.15, 0.2) is 59.6 Å². The van der Waals surface area contributed by atoms with Crippen LogP contribution in [0, 0.1) is 0 Å². The molecular weight excluding hydrogens is 444 g/mol. The quantitative estimate of drug-likeness (QED) is 0.692. The molecule has 0 saturated carbocycles. The molecule has 0 aromatic heterocycles. The zero-order valence-electron chi connectivity index (χ0n) is 18.2. The van der Waals surface area contributed by atoms with E-state index < -0.39 is 11.9 Å². The number of para-hydroxylation sites is 1. The number of aliphatic imine (C=N–C) groups is 1. The molecule has 2 heterocycles. The van der Waals surface area contributed by atoms with E-state index in [9.17, 15) is 14.4 Å². The minimum atomic E-state index is -0.719. The monoisotopic (exact) mass is 468 g/mol. The van der Waals surface area contributed by atoms with E-state index in [4.69, 9.17) is 11.6 Å². The Kier molecular flexibility index (Phi) is 6.79. The summed E-state index contributed by atoms with van der Waals surface area (Å²) in [4.78, 5) is 45.8. The first-order chi connectivity index (χ1) is 15.9. The summed E-state index contributed by atoms with van der Waals surface area (Å²) >= 11 is 5.95. The highest BCUT2D eigenvalue weighted by molar-refractivity contribution is 6.39. The second-order valence-corrected chi connectivity index (χ2v) is 8.24. The smallest absolute Gasteiger partial charge is 0.288 e. The summed E-state index contributed by atoms with van der Waals surface area (Å²) in [7, 11) is 0. The maximum Gasteiger partial charge on any atom is 0.288 e. The van der Waals surface area contributed by atoms with E-state index in [0.717, 1.165) is 5.69 Å². The molecule has 2 aliphatic heterocycles. The van der Waals surface area contributed by atoms with Crippen LogP contribution < -0.4 is 20.7 Å². The predicted octanol–water partition coefficient (Wildman–Crippen LogP) is 1.44. The number of benzene rings is 2. The van der Waals surface area contributed by atoms with Gasteiger partial charge in [-0.2, -0.15) is 0 Å². The Balaban J connectivity index is 1.29. The maximum atomic E-state index is 12.6. The van der Waals surface area contributed by atoms with Crippen LogP contribution in [0.1, 0.15) is 6.92 Å². The summed E-state index contributed by atoms with van der Waals surface area (Å²) in [6, 6.07) is 15.8. The molecule has 2 aromatic rings. The van der Waals surface area contributed by atoms with E-state index in [1.165, 1.54) is 5.01 Å². The van der Waals surface area contributed by atoms with Crippen LogP contribution in [0.5, 0.6) is 0 Å². The van der Waals surface area contributed by atoms with Gasteiger partial charge in [-0.25, -0.2) is 10.0 Å². The van der Waals surface area contributed by atoms with Gasteiger partial charge in [-0.1, -0.05) is 29.8 Å². The number of nitrogens with one attached hydrogen (secondary N) is 2. The van der Waals surface area contributed by atoms with Crippen LogP contribution in [0.25, 0.3) is 0 Å². The zero-order chi connectivity index (χ0) is 23.4. The summed E-state index contributed by atoms with van der Waals surface area (Å²) < 4.78 is 0. The van der Waals surface area contributed by atoms with Crippen LogP contribution in [0.2, 0.25) is 5.02 Å². The Morgan fingerprint density at radius 1 is 1.03 bits per heavy atom. The van der Waals surface area contributed by atoms with Gasteiger partial charge in [-0.05, 0) is 43.3 Å². The Morgan fingerprint density at radius 2 is 1.70 bits per heavy atom. The van der Waals surface area contributed by atoms with E-state index in [1.807, 2.05) is 30.3 Å². The summed E-state index contributed by atoms with van der Waals surface area (Å²) in [6.45, 7) is 3.99. The number of carbonyl (C=O) groups excluding carboxylic acids is 3. The summed E-state index contributed by atoms with van der Waals surface area (Å²) in [5.74, 6) is -0.985. The first-order valence-electron chi connectivity index (χ1n) is 10.7. The Hall–Kier alpha value is -3.59. The van der Waals surface area contributed by atoms with Crippen molar-refractivity contribution in [2.45, 2.75) is 13.0 Å². The van der Waals surface area contributed by atoms with E-state index in [1.54, 1.807) is 36.1 Å². The molecular formula is C23H25ClN6O3. The second-order valence-electron chi connectivity index (χ2n) is 7.80. The largest absolute Gasteiger partial charge is 0.368 e. The molecule has 4 rings (SSSR count). The molecule has 2 aliphatic rings. The highest BCUT2D eigenvalue weighted by Gasteiger charge is 2.31. The summed E-state index contributed by atoms with van der Waals surface area (Å²) in [5.41, 5.74) is 4.43. The van der Waals surface area contributed by atoms with Crippen LogP contribution in [-0.2, 0) is 14.4 Å². The van der Waals surface area contributed by atoms with Crippen molar-refractivity contribution in [1.29, 1.82) is 0 Å². The van der Waals surface area contributed by atoms with Gasteiger partial charge in [0.05, 0.1) is 12.2 Å². The molecule has 3 amide bonds. The normalized spacial score (nSPS) is 18.5. The number of hydrogen-bond acceptors (Lipinski definition) is 6. The van der Waals surface area contributed by atoms with Crippen molar-refractivity contribution in [1.82, 2.24) is 15.6 Å². The van der Waals surface area contributed by atoms with Crippen LogP contribution in [0.4, 0.5) is 11.4 Å². The second kappa shape index (κ2) is 9.91. The van der Waals surface area contributed by atoms with Crippen molar-refractivity contribution < 1.29 is 14.4 Å². The fraction of sp³-hybridized carbons (Fsp3) is 0.304. The standard InChI is InChI=1S/C23H25ClN6O3/c1-16-23(33)30(19-5-3-2-4-6-19)27-21(26-16)22(32)25-15-20(31)29-13-11-28(12-14-29)18-9-7-17(24)8-10-18/h2-10,16H,11-15H2,1H3,(H,25,32)(H,26,27). The fourth-order valence-corrected chi connectivity index (χ4v) is 3.85. The van der Waals surface area contributed by atoms with Crippen molar-refractivity contribution in [2.24, 2.45) is 4.99 Å². The van der Waals surface area contributed by atoms with Crippen molar-refractivity contribution >= 4 is 46.5 Å². The van der Waals surface area contributed by atoms with Gasteiger partial charge in [-0.15, -0.1) is 0 Å². The molecule has 0 bridgehead atoms. The molecule has 1 saturated heterocycles. The lowest BCUT2D eigenvalue weighted by Crippen LogP contribution is -2.58. The number of amides is 3. The summed E-state index contributed by atoms with van der Waals surface area (Å²) in [5, 5.41) is 4.60. The van der Waals surface area contributed by atoms with Crippen LogP contribution in [-0.4, -0.2) is 67.2 Å². The lowest BCUT2D eigenvalue weighted by Gasteiger charge is -2.36. The van der Waals surface area contributed by atoms with E-state index in [0.29, 0.717) is 36.9 Å². The van der Waals surface area contributed by atoms with E-state index in [-0.39, 0.29) is 24.2 Å². The number of nitrogens with zero attached hydrogens (tertiary/aromatic N) is 4. The number of rotatable bonds is 5. The molecule has 33 heavy (non-hydrogen) atoms. The molecule has 9 nitrogen and oxygen atoms in total. The first-order valence-corrected chi connectivity index (χ1v) is 11.1. The molecule has 1 fully saturated rings. The Morgan fingerprint density at radius 3 is 2.36 bits per heavy atom. The van der Waals surface area contributed by atoms with E-state index >= 15 is 0 Å². The first kappa shape index (κ1) is 22.6. The van der Waals surface area contributed by atoms with Gasteiger partial charge >= 0.3 is 0 Å². The minimum Gasteiger partial charge on any atom is -0.368 e. The minimum absolute atomic E-state index is 0.00805. The molecule has 2 N–H and O–H groups in total. The predicted molar refractivity (Wildman–Crippen MR) is 127 cm³/mol. The van der Waals surface area contributed by atoms with Gasteiger partial charge in [0.1, 0.15) is 6.04 Å². The van der Waals surface area contributed by atoms with Crippen molar-refractivity contribution in [3.05, 3.63) is 59.6 Å². The van der Waals surface area contributed by atoms with Crippen molar-refractivity contribution in [2.75, 3.05) is 42.6 Å². The zero-order valence-corrected chi connectivity index (χ0v) is 19.0. The van der Waals surface area contributed by atoms with Gasteiger partial charge in [-0.3, -0.25) is 19.8 Å². The summed E-state index contributed by atoms with van der Waals surface area (Å²) in [6.07, 6.45) is 0. The van der Waals surface area contributed by atoms with Crippen molar-refractivity contribution in [3.8, 4) is 0 Å². The molecule has 1 unspecified atom stereocenters. The number of hydrazine groups is 1. The van der Waals surface area contributed by atoms with Gasteiger partial charge < -0.3 is 15.1 Å². The van der Waals surface area contributed by atoms with Crippen LogP contribution in [0.3, 0.4) is 0 Å². The number of piperazine rings is 1. The molecule has 0 radical (unpaired) electrons. The average Bonchev–Trinajstić information content (AvgIpc) is 2.85. The lowest BCUT2D eigenvalue weighted by molar-refractivity contribution is -0.132. The lowest BCUT2D eigenvalue weighted by atomic mass is 10.2. The topological polar surface area (TPSA) is 97.3 Å². The molecule has 0 aliphatic carbocycles. The van der Waals surface area contributed by atoms with E-state index in [2.05, 4.69) is 20.6 Å². The van der Waals surface area contributed by atoms with Gasteiger partial charge in [0.15, 0.2) is 0 Å². The molecule has 1 atom stereocenters. The number of carbonyl (C=O) groups is 3. The highest BCUT2D eigenvalue weighted by atomic mass is 35.5. The highest BCUT2D eigenvalue weighted by Crippen LogP contribution is 2.19. The van der Waals surface area contributed by atoms with Gasteiger partial charge in [0, 0.05) is 36.9 Å². The third-order valence-electron chi connectivity index (χ3n) is 5.57. The van der Waals surface area contributed by atoms with Gasteiger partial charge in [0.25, 0.3) is 11.8 Å². The Labute approximate surface area is 197 Å². The Bertz CT molecular complexity index is 1050. The third kappa shape index (κ3) is 5.25. The van der Waals surface area contributed by atoms with Gasteiger partial charge in [0.2, 0.25) is 11.7 Å².